The van der Waals surface area contributed by atoms with Crippen LogP contribution in [0.3, 0.4) is 0 Å². The monoisotopic (exact) mass is 357 g/mol. The molecule has 2 amide bonds. The highest BCUT2D eigenvalue weighted by molar-refractivity contribution is 5.80. The Morgan fingerprint density at radius 2 is 1.81 bits per heavy atom. The van der Waals surface area contributed by atoms with E-state index in [9.17, 15) is 9.59 Å². The van der Waals surface area contributed by atoms with E-state index in [2.05, 4.69) is 10.2 Å². The van der Waals surface area contributed by atoms with Crippen molar-refractivity contribution in [3.05, 3.63) is 36.1 Å². The molecule has 0 bridgehead atoms. The van der Waals surface area contributed by atoms with Crippen molar-refractivity contribution in [2.24, 2.45) is 5.92 Å². The molecule has 0 radical (unpaired) electrons. The van der Waals surface area contributed by atoms with Crippen LogP contribution in [0.4, 0.5) is 0 Å². The number of para-hydroxylation sites is 1. The van der Waals surface area contributed by atoms with Gasteiger partial charge in [-0.1, -0.05) is 32.0 Å². The molecule has 2 heterocycles. The number of hydrogen-bond donors (Lipinski definition) is 1. The summed E-state index contributed by atoms with van der Waals surface area (Å²) < 4.78 is 5.81. The molecule has 0 spiro atoms. The first-order chi connectivity index (χ1) is 12.4. The number of rotatable bonds is 5. The molecule has 1 saturated heterocycles. The third kappa shape index (κ3) is 4.25. The van der Waals surface area contributed by atoms with E-state index in [0.29, 0.717) is 19.6 Å². The number of carbonyl (C=O) groups excluding carboxylic acids is 2. The highest BCUT2D eigenvalue weighted by atomic mass is 16.3. The lowest BCUT2D eigenvalue weighted by Gasteiger charge is -2.35. The summed E-state index contributed by atoms with van der Waals surface area (Å²) in [5.41, 5.74) is 0.828. The molecule has 3 rings (SSSR count). The van der Waals surface area contributed by atoms with Crippen molar-refractivity contribution >= 4 is 22.8 Å². The van der Waals surface area contributed by atoms with Crippen molar-refractivity contribution in [3.63, 3.8) is 0 Å². The van der Waals surface area contributed by atoms with Crippen molar-refractivity contribution in [1.29, 1.82) is 0 Å². The van der Waals surface area contributed by atoms with Crippen molar-refractivity contribution < 1.29 is 14.0 Å². The molecular formula is C20H27N3O3. The van der Waals surface area contributed by atoms with Gasteiger partial charge in [-0.3, -0.25) is 14.5 Å². The molecule has 2 aromatic rings. The number of fused-ring (bicyclic) bond motifs is 1. The molecule has 1 aromatic heterocycles. The SMILES string of the molecule is CC(C)C(=O)N1CCN(CC(=O)NC(C)c2cc3ccccc3o2)CC1. The normalized spacial score (nSPS) is 16.8. The fourth-order valence-electron chi connectivity index (χ4n) is 3.27. The summed E-state index contributed by atoms with van der Waals surface area (Å²) in [5.74, 6) is 0.940. The average Bonchev–Trinajstić information content (AvgIpc) is 3.06. The summed E-state index contributed by atoms with van der Waals surface area (Å²) in [4.78, 5) is 28.4. The van der Waals surface area contributed by atoms with E-state index < -0.39 is 0 Å². The second-order valence-electron chi connectivity index (χ2n) is 7.23. The van der Waals surface area contributed by atoms with Crippen LogP contribution >= 0.6 is 0 Å². The van der Waals surface area contributed by atoms with E-state index in [1.165, 1.54) is 0 Å². The topological polar surface area (TPSA) is 65.8 Å². The van der Waals surface area contributed by atoms with Gasteiger partial charge in [0.2, 0.25) is 11.8 Å². The first-order valence-electron chi connectivity index (χ1n) is 9.23. The molecule has 1 aliphatic rings. The van der Waals surface area contributed by atoms with E-state index in [4.69, 9.17) is 4.42 Å². The van der Waals surface area contributed by atoms with Crippen molar-refractivity contribution in [1.82, 2.24) is 15.1 Å². The van der Waals surface area contributed by atoms with Gasteiger partial charge >= 0.3 is 0 Å². The fraction of sp³-hybridized carbons (Fsp3) is 0.500. The summed E-state index contributed by atoms with van der Waals surface area (Å²) in [6.07, 6.45) is 0. The third-order valence-electron chi connectivity index (χ3n) is 4.79. The minimum atomic E-state index is -0.182. The lowest BCUT2D eigenvalue weighted by molar-refractivity contribution is -0.136. The zero-order valence-corrected chi connectivity index (χ0v) is 15.7. The Hall–Kier alpha value is -2.34. The van der Waals surface area contributed by atoms with E-state index in [1.807, 2.05) is 56.0 Å². The quantitative estimate of drug-likeness (QED) is 0.892. The highest BCUT2D eigenvalue weighted by Gasteiger charge is 2.24. The van der Waals surface area contributed by atoms with Gasteiger partial charge in [-0.2, -0.15) is 0 Å². The molecule has 1 atom stereocenters. The second kappa shape index (κ2) is 7.91. The van der Waals surface area contributed by atoms with Crippen LogP contribution < -0.4 is 5.32 Å². The van der Waals surface area contributed by atoms with Gasteiger partial charge in [-0.25, -0.2) is 0 Å². The maximum atomic E-state index is 12.4. The highest BCUT2D eigenvalue weighted by Crippen LogP contribution is 2.23. The van der Waals surface area contributed by atoms with Crippen LogP contribution in [0.1, 0.15) is 32.6 Å². The first-order valence-corrected chi connectivity index (χ1v) is 9.23. The molecule has 1 aliphatic heterocycles. The Bertz CT molecular complexity index is 742. The largest absolute Gasteiger partial charge is 0.459 e. The summed E-state index contributed by atoms with van der Waals surface area (Å²) >= 11 is 0. The molecule has 0 aliphatic carbocycles. The number of nitrogens with zero attached hydrogens (tertiary/aromatic N) is 2. The number of amides is 2. The Labute approximate surface area is 154 Å². The lowest BCUT2D eigenvalue weighted by atomic mass is 10.1. The van der Waals surface area contributed by atoms with Gasteiger partial charge in [0.15, 0.2) is 0 Å². The Kier molecular flexibility index (Phi) is 5.61. The van der Waals surface area contributed by atoms with E-state index >= 15 is 0 Å². The molecule has 1 unspecified atom stereocenters. The number of hydrogen-bond acceptors (Lipinski definition) is 4. The number of furan rings is 1. The maximum Gasteiger partial charge on any atom is 0.234 e. The molecule has 1 aromatic carbocycles. The van der Waals surface area contributed by atoms with Gasteiger partial charge in [0, 0.05) is 37.5 Å². The smallest absolute Gasteiger partial charge is 0.234 e. The Morgan fingerprint density at radius 3 is 2.46 bits per heavy atom. The lowest BCUT2D eigenvalue weighted by Crippen LogP contribution is -2.52. The van der Waals surface area contributed by atoms with E-state index in [0.717, 1.165) is 29.8 Å². The van der Waals surface area contributed by atoms with Gasteiger partial charge in [0.25, 0.3) is 0 Å². The van der Waals surface area contributed by atoms with Gasteiger partial charge < -0.3 is 14.6 Å². The molecule has 0 saturated carbocycles. The Balaban J connectivity index is 1.49. The maximum absolute atomic E-state index is 12.4. The molecule has 6 nitrogen and oxygen atoms in total. The van der Waals surface area contributed by atoms with Crippen LogP contribution in [0, 0.1) is 5.92 Å². The van der Waals surface area contributed by atoms with Crippen LogP contribution in [-0.2, 0) is 9.59 Å². The number of nitrogens with one attached hydrogen (secondary N) is 1. The standard InChI is InChI=1S/C20H27N3O3/c1-14(2)20(25)23-10-8-22(9-11-23)13-19(24)21-15(3)18-12-16-6-4-5-7-17(16)26-18/h4-7,12,14-15H,8-11,13H2,1-3H3,(H,21,24). The van der Waals surface area contributed by atoms with Gasteiger partial charge in [0.05, 0.1) is 12.6 Å². The second-order valence-corrected chi connectivity index (χ2v) is 7.23. The van der Waals surface area contributed by atoms with Gasteiger partial charge in [0.1, 0.15) is 11.3 Å². The minimum absolute atomic E-state index is 0.0227. The van der Waals surface area contributed by atoms with Crippen LogP contribution in [0.25, 0.3) is 11.0 Å². The number of carbonyl (C=O) groups is 2. The predicted molar refractivity (Wildman–Crippen MR) is 101 cm³/mol. The fourth-order valence-corrected chi connectivity index (χ4v) is 3.27. The minimum Gasteiger partial charge on any atom is -0.459 e. The van der Waals surface area contributed by atoms with Gasteiger partial charge in [-0.15, -0.1) is 0 Å². The summed E-state index contributed by atoms with van der Waals surface area (Å²) in [5, 5.41) is 4.04. The van der Waals surface area contributed by atoms with Crippen LogP contribution in [0.15, 0.2) is 34.7 Å². The number of piperazine rings is 1. The molecule has 6 heteroatoms. The van der Waals surface area contributed by atoms with Crippen molar-refractivity contribution in [2.75, 3.05) is 32.7 Å². The zero-order chi connectivity index (χ0) is 18.7. The predicted octanol–water partition coefficient (Wildman–Crippen LogP) is 2.41. The van der Waals surface area contributed by atoms with Crippen LogP contribution in [0.5, 0.6) is 0 Å². The summed E-state index contributed by atoms with van der Waals surface area (Å²) in [6.45, 7) is 8.93. The first kappa shape index (κ1) is 18.5. The van der Waals surface area contributed by atoms with Gasteiger partial charge in [-0.05, 0) is 19.1 Å². The zero-order valence-electron chi connectivity index (χ0n) is 15.7. The molecule has 1 N–H and O–H groups in total. The summed E-state index contributed by atoms with van der Waals surface area (Å²) in [6, 6.07) is 9.60. The van der Waals surface area contributed by atoms with Crippen LogP contribution in [0.2, 0.25) is 0 Å². The van der Waals surface area contributed by atoms with Crippen molar-refractivity contribution in [3.8, 4) is 0 Å². The summed E-state index contributed by atoms with van der Waals surface area (Å²) in [7, 11) is 0. The van der Waals surface area contributed by atoms with E-state index in [1.54, 1.807) is 0 Å². The molecule has 26 heavy (non-hydrogen) atoms. The molecule has 140 valence electrons. The molecule has 1 fully saturated rings. The number of benzene rings is 1. The molecular weight excluding hydrogens is 330 g/mol. The average molecular weight is 357 g/mol. The Morgan fingerprint density at radius 1 is 1.12 bits per heavy atom. The third-order valence-corrected chi connectivity index (χ3v) is 4.79. The van der Waals surface area contributed by atoms with E-state index in [-0.39, 0.29) is 23.8 Å². The van der Waals surface area contributed by atoms with Crippen molar-refractivity contribution in [2.45, 2.75) is 26.8 Å². The van der Waals surface area contributed by atoms with Crippen LogP contribution in [-0.4, -0.2) is 54.3 Å².